The molecule has 0 fully saturated rings. The molecule has 0 saturated heterocycles. The second-order valence-corrected chi connectivity index (χ2v) is 3.79. The van der Waals surface area contributed by atoms with Crippen molar-refractivity contribution in [2.24, 2.45) is 0 Å². The highest BCUT2D eigenvalue weighted by Gasteiger charge is 2.13. The smallest absolute Gasteiger partial charge is 0.112 e. The summed E-state index contributed by atoms with van der Waals surface area (Å²) in [6.45, 7) is 0. The standard InChI is InChI=1S/C6H7NS2.H3N/c8-6-4-2-1-3-5(4)7-9-6;/h7H,1-3H2;1H3. The van der Waals surface area contributed by atoms with E-state index in [9.17, 15) is 0 Å². The first kappa shape index (κ1) is 7.91. The van der Waals surface area contributed by atoms with Crippen molar-refractivity contribution in [3.8, 4) is 0 Å². The van der Waals surface area contributed by atoms with Gasteiger partial charge in [0.25, 0.3) is 0 Å². The third-order valence-electron chi connectivity index (χ3n) is 1.73. The maximum atomic E-state index is 5.10. The Morgan fingerprint density at radius 1 is 1.40 bits per heavy atom. The topological polar surface area (TPSA) is 50.8 Å². The van der Waals surface area contributed by atoms with E-state index < -0.39 is 0 Å². The predicted molar refractivity (Wildman–Crippen MR) is 46.6 cm³/mol. The lowest BCUT2D eigenvalue weighted by Gasteiger charge is -1.79. The zero-order chi connectivity index (χ0) is 6.27. The van der Waals surface area contributed by atoms with Crippen LogP contribution in [0.5, 0.6) is 0 Å². The largest absolute Gasteiger partial charge is 0.344 e. The maximum absolute atomic E-state index is 5.10. The predicted octanol–water partition coefficient (Wildman–Crippen LogP) is 2.46. The molecule has 0 bridgehead atoms. The number of hydrogen-bond donors (Lipinski definition) is 2. The van der Waals surface area contributed by atoms with Crippen LogP contribution >= 0.6 is 23.8 Å². The van der Waals surface area contributed by atoms with Gasteiger partial charge in [0.1, 0.15) is 3.82 Å². The van der Waals surface area contributed by atoms with Crippen molar-refractivity contribution in [2.75, 3.05) is 0 Å². The molecule has 0 saturated carbocycles. The van der Waals surface area contributed by atoms with Crippen LogP contribution in [0.1, 0.15) is 17.7 Å². The highest BCUT2D eigenvalue weighted by molar-refractivity contribution is 7.73. The molecule has 1 aromatic heterocycles. The van der Waals surface area contributed by atoms with Gasteiger partial charge in [0.15, 0.2) is 0 Å². The molecule has 0 atom stereocenters. The highest BCUT2D eigenvalue weighted by atomic mass is 32.2. The number of rotatable bonds is 0. The van der Waals surface area contributed by atoms with Gasteiger partial charge in [0.05, 0.1) is 0 Å². The van der Waals surface area contributed by atoms with E-state index >= 15 is 0 Å². The Hall–Kier alpha value is -0.190. The van der Waals surface area contributed by atoms with Crippen LogP contribution in [-0.2, 0) is 12.8 Å². The minimum Gasteiger partial charge on any atom is -0.344 e. The van der Waals surface area contributed by atoms with Crippen molar-refractivity contribution in [1.29, 1.82) is 0 Å². The average Bonchev–Trinajstić information content (AvgIpc) is 2.35. The van der Waals surface area contributed by atoms with Gasteiger partial charge in [-0.05, 0) is 19.3 Å². The first-order chi connectivity index (χ1) is 4.38. The molecule has 1 aliphatic rings. The summed E-state index contributed by atoms with van der Waals surface area (Å²) in [5, 5.41) is 0. The van der Waals surface area contributed by atoms with Gasteiger partial charge >= 0.3 is 0 Å². The number of hydrogen-bond acceptors (Lipinski definition) is 3. The molecule has 10 heavy (non-hydrogen) atoms. The molecule has 0 radical (unpaired) electrons. The van der Waals surface area contributed by atoms with Crippen molar-refractivity contribution in [2.45, 2.75) is 19.3 Å². The van der Waals surface area contributed by atoms with Gasteiger partial charge < -0.3 is 10.5 Å². The molecule has 1 aliphatic carbocycles. The van der Waals surface area contributed by atoms with E-state index in [0.717, 1.165) is 3.82 Å². The zero-order valence-electron chi connectivity index (χ0n) is 5.64. The molecule has 1 aromatic rings. The van der Waals surface area contributed by atoms with Gasteiger partial charge in [-0.25, -0.2) is 0 Å². The first-order valence-electron chi connectivity index (χ1n) is 3.07. The molecule has 2 nitrogen and oxygen atoms in total. The quantitative estimate of drug-likeness (QED) is 0.594. The summed E-state index contributed by atoms with van der Waals surface area (Å²) < 4.78 is 4.30. The van der Waals surface area contributed by atoms with Gasteiger partial charge in [-0.1, -0.05) is 23.8 Å². The maximum Gasteiger partial charge on any atom is 0.112 e. The van der Waals surface area contributed by atoms with E-state index in [1.807, 2.05) is 0 Å². The fourth-order valence-corrected chi connectivity index (χ4v) is 2.39. The lowest BCUT2D eigenvalue weighted by Crippen LogP contribution is -1.73. The normalized spacial score (nSPS) is 14.4. The number of nitrogens with one attached hydrogen (secondary N) is 1. The van der Waals surface area contributed by atoms with Gasteiger partial charge in [-0.3, -0.25) is 0 Å². The van der Waals surface area contributed by atoms with E-state index in [-0.39, 0.29) is 6.15 Å². The number of aromatic amines is 1. The van der Waals surface area contributed by atoms with Crippen molar-refractivity contribution >= 4 is 23.8 Å². The molecular weight excluding hydrogens is 164 g/mol. The van der Waals surface area contributed by atoms with Crippen LogP contribution in [0.25, 0.3) is 0 Å². The molecule has 0 aliphatic heterocycles. The summed E-state index contributed by atoms with van der Waals surface area (Å²) in [6, 6.07) is 0. The van der Waals surface area contributed by atoms with Crippen molar-refractivity contribution in [3.05, 3.63) is 15.1 Å². The average molecular weight is 174 g/mol. The van der Waals surface area contributed by atoms with Crippen LogP contribution in [0.2, 0.25) is 0 Å². The van der Waals surface area contributed by atoms with Gasteiger partial charge in [-0.15, -0.1) is 0 Å². The Kier molecular flexibility index (Phi) is 2.23. The summed E-state index contributed by atoms with van der Waals surface area (Å²) in [5.41, 5.74) is 2.81. The lowest BCUT2D eigenvalue weighted by atomic mass is 10.3. The molecule has 56 valence electrons. The minimum atomic E-state index is 0. The summed E-state index contributed by atoms with van der Waals surface area (Å²) in [6.07, 6.45) is 3.70. The Bertz CT molecular complexity index is 274. The van der Waals surface area contributed by atoms with Crippen LogP contribution in [0.3, 0.4) is 0 Å². The monoisotopic (exact) mass is 174 g/mol. The summed E-state index contributed by atoms with van der Waals surface area (Å²) in [5.74, 6) is 0. The number of aryl methyl sites for hydroxylation is 1. The fourth-order valence-electron chi connectivity index (χ4n) is 1.25. The van der Waals surface area contributed by atoms with Crippen molar-refractivity contribution < 1.29 is 0 Å². The van der Waals surface area contributed by atoms with Crippen molar-refractivity contribution in [1.82, 2.24) is 10.5 Å². The van der Waals surface area contributed by atoms with E-state index in [1.165, 1.54) is 30.5 Å². The minimum absolute atomic E-state index is 0. The molecule has 4 heteroatoms. The van der Waals surface area contributed by atoms with E-state index in [2.05, 4.69) is 4.37 Å². The van der Waals surface area contributed by atoms with Crippen LogP contribution in [0.15, 0.2) is 0 Å². The molecule has 0 aromatic carbocycles. The zero-order valence-corrected chi connectivity index (χ0v) is 7.28. The lowest BCUT2D eigenvalue weighted by molar-refractivity contribution is 0.901. The van der Waals surface area contributed by atoms with Gasteiger partial charge in [0.2, 0.25) is 0 Å². The summed E-state index contributed by atoms with van der Waals surface area (Å²) in [4.78, 5) is 0. The Morgan fingerprint density at radius 2 is 2.20 bits per heavy atom. The van der Waals surface area contributed by atoms with E-state index in [0.29, 0.717) is 0 Å². The molecule has 1 heterocycles. The van der Waals surface area contributed by atoms with Crippen LogP contribution in [0, 0.1) is 3.82 Å². The van der Waals surface area contributed by atoms with Gasteiger partial charge in [0, 0.05) is 11.3 Å². The molecular formula is C6H10N2S2. The van der Waals surface area contributed by atoms with Crippen LogP contribution in [0.4, 0.5) is 0 Å². The Morgan fingerprint density at radius 3 is 2.90 bits per heavy atom. The third kappa shape index (κ3) is 1.02. The molecule has 0 spiro atoms. The molecule has 4 N–H and O–H groups in total. The summed E-state index contributed by atoms with van der Waals surface area (Å²) >= 11 is 6.70. The molecule has 2 rings (SSSR count). The third-order valence-corrected chi connectivity index (χ3v) is 3.01. The SMILES string of the molecule is N.S=c1s[nH]c2c1CCC2. The second-order valence-electron chi connectivity index (χ2n) is 2.30. The summed E-state index contributed by atoms with van der Waals surface area (Å²) in [7, 11) is 0. The molecule has 0 amide bonds. The number of H-pyrrole nitrogens is 1. The Balaban J connectivity index is 0.000000500. The fraction of sp³-hybridized carbons (Fsp3) is 0.500. The van der Waals surface area contributed by atoms with Crippen molar-refractivity contribution in [3.63, 3.8) is 0 Å². The Labute approximate surface area is 69.0 Å². The number of aromatic nitrogens is 1. The van der Waals surface area contributed by atoms with Crippen LogP contribution in [-0.4, -0.2) is 4.37 Å². The van der Waals surface area contributed by atoms with E-state index in [4.69, 9.17) is 12.2 Å². The number of fused-ring (bicyclic) bond motifs is 1. The van der Waals surface area contributed by atoms with Gasteiger partial charge in [-0.2, -0.15) is 0 Å². The second kappa shape index (κ2) is 2.82. The van der Waals surface area contributed by atoms with Crippen LogP contribution < -0.4 is 6.15 Å². The molecule has 0 unspecified atom stereocenters. The highest BCUT2D eigenvalue weighted by Crippen LogP contribution is 2.23. The van der Waals surface area contributed by atoms with E-state index in [1.54, 1.807) is 11.5 Å². The first-order valence-corrected chi connectivity index (χ1v) is 4.29.